The second kappa shape index (κ2) is 8.39. The zero-order chi connectivity index (χ0) is 21.3. The SMILES string of the molecule is O=C(O)N[C@@H]1C[C@H](C(=O)N2CCc3ccccc3[C@@H]2c2ccc(F)cc2)OC[C@H]1F. The van der Waals surface area contributed by atoms with Gasteiger partial charge in [0.2, 0.25) is 0 Å². The summed E-state index contributed by atoms with van der Waals surface area (Å²) >= 11 is 0. The molecular formula is C22H22F2N2O4. The molecule has 30 heavy (non-hydrogen) atoms. The van der Waals surface area contributed by atoms with Crippen LogP contribution in [0.1, 0.15) is 29.2 Å². The molecule has 2 aromatic carbocycles. The highest BCUT2D eigenvalue weighted by Crippen LogP contribution is 2.36. The number of benzene rings is 2. The van der Waals surface area contributed by atoms with E-state index in [9.17, 15) is 18.4 Å². The number of fused-ring (bicyclic) bond motifs is 1. The smallest absolute Gasteiger partial charge is 0.404 e. The van der Waals surface area contributed by atoms with Crippen LogP contribution in [0.25, 0.3) is 0 Å². The molecule has 0 unspecified atom stereocenters. The highest BCUT2D eigenvalue weighted by molar-refractivity contribution is 5.82. The van der Waals surface area contributed by atoms with Crippen molar-refractivity contribution in [3.8, 4) is 0 Å². The fourth-order valence-corrected chi connectivity index (χ4v) is 4.24. The molecule has 0 saturated carbocycles. The number of nitrogens with one attached hydrogen (secondary N) is 1. The lowest BCUT2D eigenvalue weighted by atomic mass is 9.87. The third kappa shape index (κ3) is 4.00. The molecule has 2 N–H and O–H groups in total. The number of rotatable bonds is 3. The Morgan fingerprint density at radius 2 is 1.87 bits per heavy atom. The minimum atomic E-state index is -1.51. The lowest BCUT2D eigenvalue weighted by Gasteiger charge is -2.41. The summed E-state index contributed by atoms with van der Waals surface area (Å²) in [4.78, 5) is 26.0. The van der Waals surface area contributed by atoms with E-state index in [4.69, 9.17) is 9.84 Å². The summed E-state index contributed by atoms with van der Waals surface area (Å²) in [5.74, 6) is -0.698. The van der Waals surface area contributed by atoms with Crippen LogP contribution < -0.4 is 5.32 Å². The number of hydrogen-bond donors (Lipinski definition) is 2. The van der Waals surface area contributed by atoms with E-state index in [1.807, 2.05) is 24.3 Å². The molecule has 0 spiro atoms. The van der Waals surface area contributed by atoms with Crippen molar-refractivity contribution in [3.63, 3.8) is 0 Å². The summed E-state index contributed by atoms with van der Waals surface area (Å²) in [6, 6.07) is 12.3. The molecule has 2 aromatic rings. The molecule has 2 heterocycles. The van der Waals surface area contributed by atoms with Gasteiger partial charge in [0.25, 0.3) is 5.91 Å². The number of nitrogens with zero attached hydrogens (tertiary/aromatic N) is 1. The fraction of sp³-hybridized carbons (Fsp3) is 0.364. The van der Waals surface area contributed by atoms with E-state index in [0.717, 1.165) is 16.7 Å². The van der Waals surface area contributed by atoms with Gasteiger partial charge in [0.1, 0.15) is 18.1 Å². The van der Waals surface area contributed by atoms with Gasteiger partial charge >= 0.3 is 6.09 Å². The topological polar surface area (TPSA) is 78.9 Å². The first-order valence-corrected chi connectivity index (χ1v) is 9.83. The molecule has 1 saturated heterocycles. The lowest BCUT2D eigenvalue weighted by molar-refractivity contribution is -0.152. The van der Waals surface area contributed by atoms with Gasteiger partial charge in [0.05, 0.1) is 18.7 Å². The molecule has 158 valence electrons. The van der Waals surface area contributed by atoms with Crippen LogP contribution in [0.15, 0.2) is 48.5 Å². The number of amides is 2. The van der Waals surface area contributed by atoms with Gasteiger partial charge in [-0.25, -0.2) is 13.6 Å². The van der Waals surface area contributed by atoms with Gasteiger partial charge in [0.15, 0.2) is 0 Å². The maximum Gasteiger partial charge on any atom is 0.404 e. The molecule has 4 rings (SSSR count). The normalized spacial score (nSPS) is 26.0. The number of carbonyl (C=O) groups excluding carboxylic acids is 1. The largest absolute Gasteiger partial charge is 0.465 e. The Morgan fingerprint density at radius 3 is 2.60 bits per heavy atom. The molecule has 2 aliphatic rings. The third-order valence-corrected chi connectivity index (χ3v) is 5.70. The molecule has 0 bridgehead atoms. The Kier molecular flexibility index (Phi) is 5.67. The van der Waals surface area contributed by atoms with Gasteiger partial charge in [0, 0.05) is 13.0 Å². The first kappa shape index (κ1) is 20.3. The van der Waals surface area contributed by atoms with Crippen LogP contribution in [0.3, 0.4) is 0 Å². The second-order valence-electron chi connectivity index (χ2n) is 7.56. The van der Waals surface area contributed by atoms with Gasteiger partial charge in [-0.05, 0) is 35.2 Å². The predicted octanol–water partition coefficient (Wildman–Crippen LogP) is 3.06. The van der Waals surface area contributed by atoms with E-state index < -0.39 is 30.5 Å². The van der Waals surface area contributed by atoms with Crippen LogP contribution in [0.4, 0.5) is 13.6 Å². The van der Waals surface area contributed by atoms with Crippen LogP contribution >= 0.6 is 0 Å². The van der Waals surface area contributed by atoms with Crippen molar-refractivity contribution in [2.45, 2.75) is 37.2 Å². The van der Waals surface area contributed by atoms with E-state index >= 15 is 0 Å². The summed E-state index contributed by atoms with van der Waals surface area (Å²) in [6.45, 7) is 0.0703. The van der Waals surface area contributed by atoms with E-state index in [1.165, 1.54) is 12.1 Å². The average molecular weight is 416 g/mol. The van der Waals surface area contributed by atoms with Crippen LogP contribution in [0.5, 0.6) is 0 Å². The molecule has 8 heteroatoms. The summed E-state index contributed by atoms with van der Waals surface area (Å²) in [5.41, 5.74) is 2.81. The minimum Gasteiger partial charge on any atom is -0.465 e. The minimum absolute atomic E-state index is 0.0828. The Hall–Kier alpha value is -3.00. The first-order chi connectivity index (χ1) is 14.4. The second-order valence-corrected chi connectivity index (χ2v) is 7.56. The quantitative estimate of drug-likeness (QED) is 0.806. The van der Waals surface area contributed by atoms with Crippen LogP contribution in [-0.2, 0) is 16.0 Å². The first-order valence-electron chi connectivity index (χ1n) is 9.83. The highest BCUT2D eigenvalue weighted by Gasteiger charge is 2.41. The Balaban J connectivity index is 1.64. The van der Waals surface area contributed by atoms with Crippen molar-refractivity contribution in [3.05, 3.63) is 71.0 Å². The van der Waals surface area contributed by atoms with Crippen molar-refractivity contribution in [2.75, 3.05) is 13.2 Å². The number of alkyl halides is 1. The maximum atomic E-state index is 14.1. The average Bonchev–Trinajstić information content (AvgIpc) is 2.74. The van der Waals surface area contributed by atoms with Gasteiger partial charge in [-0.3, -0.25) is 4.79 Å². The van der Waals surface area contributed by atoms with E-state index in [2.05, 4.69) is 5.32 Å². The predicted molar refractivity (Wildman–Crippen MR) is 104 cm³/mol. The van der Waals surface area contributed by atoms with Gasteiger partial charge in [-0.15, -0.1) is 0 Å². The molecule has 0 aromatic heterocycles. The van der Waals surface area contributed by atoms with Crippen molar-refractivity contribution in [1.82, 2.24) is 10.2 Å². The third-order valence-electron chi connectivity index (χ3n) is 5.70. The monoisotopic (exact) mass is 416 g/mol. The molecule has 2 aliphatic heterocycles. The van der Waals surface area contributed by atoms with E-state index in [0.29, 0.717) is 13.0 Å². The Labute approximate surface area is 172 Å². The summed E-state index contributed by atoms with van der Waals surface area (Å²) < 4.78 is 33.0. The lowest BCUT2D eigenvalue weighted by Crippen LogP contribution is -2.54. The van der Waals surface area contributed by atoms with Crippen LogP contribution in [0, 0.1) is 5.82 Å². The fourth-order valence-electron chi connectivity index (χ4n) is 4.24. The van der Waals surface area contributed by atoms with Crippen molar-refractivity contribution < 1.29 is 28.2 Å². The zero-order valence-corrected chi connectivity index (χ0v) is 16.1. The molecule has 0 aliphatic carbocycles. The van der Waals surface area contributed by atoms with Crippen molar-refractivity contribution in [1.29, 1.82) is 0 Å². The molecule has 1 fully saturated rings. The van der Waals surface area contributed by atoms with Crippen molar-refractivity contribution >= 4 is 12.0 Å². The molecule has 2 amide bonds. The Bertz CT molecular complexity index is 937. The van der Waals surface area contributed by atoms with E-state index in [1.54, 1.807) is 17.0 Å². The summed E-state index contributed by atoms with van der Waals surface area (Å²) in [7, 11) is 0. The summed E-state index contributed by atoms with van der Waals surface area (Å²) in [5, 5.41) is 11.1. The van der Waals surface area contributed by atoms with Crippen LogP contribution in [0.2, 0.25) is 0 Å². The summed E-state index contributed by atoms with van der Waals surface area (Å²) in [6.07, 6.45) is -3.25. The highest BCUT2D eigenvalue weighted by atomic mass is 19.1. The number of halogens is 2. The van der Waals surface area contributed by atoms with Gasteiger partial charge < -0.3 is 20.1 Å². The number of ether oxygens (including phenoxy) is 1. The zero-order valence-electron chi connectivity index (χ0n) is 16.1. The van der Waals surface area contributed by atoms with Gasteiger partial charge in [-0.2, -0.15) is 0 Å². The number of carbonyl (C=O) groups is 2. The van der Waals surface area contributed by atoms with Crippen molar-refractivity contribution in [2.24, 2.45) is 0 Å². The standard InChI is InChI=1S/C22H22F2N2O4/c23-15-7-5-14(6-8-15)20-16-4-2-1-3-13(16)9-10-26(20)21(27)19-11-18(25-22(28)29)17(24)12-30-19/h1-8,17-20,25H,9-12H2,(H,28,29)/t17-,18-,19-,20+/m1/s1. The number of carboxylic acid groups (broad SMARTS) is 1. The molecular weight excluding hydrogens is 394 g/mol. The van der Waals surface area contributed by atoms with Gasteiger partial charge in [-0.1, -0.05) is 36.4 Å². The maximum absolute atomic E-state index is 14.1. The molecule has 4 atom stereocenters. The number of hydrogen-bond acceptors (Lipinski definition) is 3. The Morgan fingerprint density at radius 1 is 1.13 bits per heavy atom. The molecule has 0 radical (unpaired) electrons. The van der Waals surface area contributed by atoms with E-state index in [-0.39, 0.29) is 24.8 Å². The van der Waals surface area contributed by atoms with Crippen LogP contribution in [-0.4, -0.2) is 53.5 Å². The molecule has 6 nitrogen and oxygen atoms in total.